The summed E-state index contributed by atoms with van der Waals surface area (Å²) < 4.78 is 24.4. The lowest BCUT2D eigenvalue weighted by Gasteiger charge is -2.14. The Morgan fingerprint density at radius 3 is 2.75 bits per heavy atom. The Bertz CT molecular complexity index is 764. The summed E-state index contributed by atoms with van der Waals surface area (Å²) in [5.41, 5.74) is 1.16. The lowest BCUT2D eigenvalue weighted by Crippen LogP contribution is -2.01. The van der Waals surface area contributed by atoms with Gasteiger partial charge in [0, 0.05) is 6.08 Å². The van der Waals surface area contributed by atoms with E-state index in [0.29, 0.717) is 29.2 Å². The quantitative estimate of drug-likeness (QED) is 0.535. The molecule has 5 nitrogen and oxygen atoms in total. The summed E-state index contributed by atoms with van der Waals surface area (Å²) in [5, 5.41) is 10.7. The standard InChI is InChI=1S/C17H15ClFNO4/c1-2-23-16-10-12(6-7-20(21)22)9-15(18)17(16)24-11-13-4-3-5-14(19)8-13/h3-10H,2,11H2,1H3/b7-6+. The molecule has 0 amide bonds. The van der Waals surface area contributed by atoms with E-state index in [1.165, 1.54) is 24.3 Å². The van der Waals surface area contributed by atoms with E-state index in [-0.39, 0.29) is 17.4 Å². The van der Waals surface area contributed by atoms with Crippen molar-refractivity contribution in [2.45, 2.75) is 13.5 Å². The van der Waals surface area contributed by atoms with Crippen molar-refractivity contribution in [2.24, 2.45) is 0 Å². The number of benzene rings is 2. The highest BCUT2D eigenvalue weighted by molar-refractivity contribution is 6.32. The second-order valence-electron chi connectivity index (χ2n) is 4.78. The number of hydrogen-bond donors (Lipinski definition) is 0. The van der Waals surface area contributed by atoms with E-state index >= 15 is 0 Å². The first-order valence-electron chi connectivity index (χ1n) is 7.15. The van der Waals surface area contributed by atoms with Crippen molar-refractivity contribution in [1.82, 2.24) is 0 Å². The Balaban J connectivity index is 2.25. The molecule has 7 heteroatoms. The molecule has 0 heterocycles. The van der Waals surface area contributed by atoms with Gasteiger partial charge in [-0.2, -0.15) is 0 Å². The van der Waals surface area contributed by atoms with Crippen LogP contribution in [0.1, 0.15) is 18.1 Å². The molecule has 0 aliphatic heterocycles. The molecule has 0 N–H and O–H groups in total. The van der Waals surface area contributed by atoms with Crippen LogP contribution in [-0.2, 0) is 6.61 Å². The van der Waals surface area contributed by atoms with E-state index in [4.69, 9.17) is 21.1 Å². The van der Waals surface area contributed by atoms with Crippen molar-refractivity contribution in [1.29, 1.82) is 0 Å². The zero-order valence-electron chi connectivity index (χ0n) is 12.9. The molecule has 0 bridgehead atoms. The van der Waals surface area contributed by atoms with Crippen molar-refractivity contribution in [3.05, 3.63) is 74.7 Å². The highest BCUT2D eigenvalue weighted by Gasteiger charge is 2.13. The third-order valence-electron chi connectivity index (χ3n) is 2.99. The maximum absolute atomic E-state index is 13.2. The van der Waals surface area contributed by atoms with Crippen LogP contribution in [0.5, 0.6) is 11.5 Å². The summed E-state index contributed by atoms with van der Waals surface area (Å²) in [5.74, 6) is 0.318. The summed E-state index contributed by atoms with van der Waals surface area (Å²) >= 11 is 6.20. The Labute approximate surface area is 143 Å². The van der Waals surface area contributed by atoms with Crippen LogP contribution in [0.4, 0.5) is 4.39 Å². The van der Waals surface area contributed by atoms with Crippen LogP contribution < -0.4 is 9.47 Å². The fourth-order valence-corrected chi connectivity index (χ4v) is 2.29. The molecule has 0 atom stereocenters. The molecular formula is C17H15ClFNO4. The monoisotopic (exact) mass is 351 g/mol. The molecule has 0 fully saturated rings. The fraction of sp³-hybridized carbons (Fsp3) is 0.176. The van der Waals surface area contributed by atoms with Crippen LogP contribution in [0.2, 0.25) is 5.02 Å². The number of nitro groups is 1. The van der Waals surface area contributed by atoms with Crippen LogP contribution in [-0.4, -0.2) is 11.5 Å². The summed E-state index contributed by atoms with van der Waals surface area (Å²) in [4.78, 5) is 9.85. The smallest absolute Gasteiger partial charge is 0.235 e. The molecule has 2 aromatic rings. The Kier molecular flexibility index (Phi) is 6.14. The Morgan fingerprint density at radius 2 is 2.08 bits per heavy atom. The molecule has 0 unspecified atom stereocenters. The topological polar surface area (TPSA) is 61.6 Å². The summed E-state index contributed by atoms with van der Waals surface area (Å²) in [6.45, 7) is 2.28. The first kappa shape index (κ1) is 17.7. The summed E-state index contributed by atoms with van der Waals surface area (Å²) in [7, 11) is 0. The van der Waals surface area contributed by atoms with Crippen LogP contribution in [0.3, 0.4) is 0 Å². The van der Waals surface area contributed by atoms with Gasteiger partial charge in [-0.25, -0.2) is 4.39 Å². The average Bonchev–Trinajstić information content (AvgIpc) is 2.52. The van der Waals surface area contributed by atoms with Gasteiger partial charge >= 0.3 is 0 Å². The normalized spacial score (nSPS) is 10.8. The molecule has 2 rings (SSSR count). The van der Waals surface area contributed by atoms with Gasteiger partial charge in [0.2, 0.25) is 6.20 Å². The zero-order chi connectivity index (χ0) is 17.5. The van der Waals surface area contributed by atoms with Gasteiger partial charge in [0.05, 0.1) is 16.6 Å². The summed E-state index contributed by atoms with van der Waals surface area (Å²) in [6.07, 6.45) is 2.12. The van der Waals surface area contributed by atoms with E-state index in [1.807, 2.05) is 0 Å². The SMILES string of the molecule is CCOc1cc(/C=C/[N+](=O)[O-])cc(Cl)c1OCc1cccc(F)c1. The molecule has 0 aliphatic rings. The van der Waals surface area contributed by atoms with E-state index in [1.54, 1.807) is 25.1 Å². The molecule has 2 aromatic carbocycles. The van der Waals surface area contributed by atoms with Gasteiger partial charge in [0.1, 0.15) is 12.4 Å². The van der Waals surface area contributed by atoms with Crippen molar-refractivity contribution in [3.63, 3.8) is 0 Å². The van der Waals surface area contributed by atoms with Crippen molar-refractivity contribution < 1.29 is 18.8 Å². The van der Waals surface area contributed by atoms with Crippen LogP contribution in [0.15, 0.2) is 42.6 Å². The molecule has 126 valence electrons. The summed E-state index contributed by atoms with van der Waals surface area (Å²) in [6, 6.07) is 9.15. The Morgan fingerprint density at radius 1 is 1.29 bits per heavy atom. The second kappa shape index (κ2) is 8.31. The van der Waals surface area contributed by atoms with Gasteiger partial charge < -0.3 is 9.47 Å². The highest BCUT2D eigenvalue weighted by Crippen LogP contribution is 2.37. The lowest BCUT2D eigenvalue weighted by atomic mass is 10.2. The minimum absolute atomic E-state index is 0.113. The van der Waals surface area contributed by atoms with E-state index in [2.05, 4.69) is 0 Å². The maximum Gasteiger partial charge on any atom is 0.235 e. The van der Waals surface area contributed by atoms with Crippen molar-refractivity contribution >= 4 is 17.7 Å². The minimum Gasteiger partial charge on any atom is -0.490 e. The highest BCUT2D eigenvalue weighted by atomic mass is 35.5. The molecule has 0 spiro atoms. The fourth-order valence-electron chi connectivity index (χ4n) is 2.02. The van der Waals surface area contributed by atoms with E-state index in [0.717, 1.165) is 6.20 Å². The molecule has 0 saturated carbocycles. The van der Waals surface area contributed by atoms with E-state index < -0.39 is 4.92 Å². The largest absolute Gasteiger partial charge is 0.490 e. The minimum atomic E-state index is -0.567. The Hall–Kier alpha value is -2.60. The van der Waals surface area contributed by atoms with E-state index in [9.17, 15) is 14.5 Å². The molecule has 0 aliphatic carbocycles. The number of hydrogen-bond acceptors (Lipinski definition) is 4. The van der Waals surface area contributed by atoms with Crippen LogP contribution in [0.25, 0.3) is 6.08 Å². The van der Waals surface area contributed by atoms with Gasteiger partial charge in [0.15, 0.2) is 11.5 Å². The predicted octanol–water partition coefficient (Wildman–Crippen LogP) is 4.70. The molecule has 24 heavy (non-hydrogen) atoms. The third-order valence-corrected chi connectivity index (χ3v) is 3.27. The number of halogens is 2. The number of ether oxygens (including phenoxy) is 2. The van der Waals surface area contributed by atoms with Gasteiger partial charge in [0.25, 0.3) is 0 Å². The lowest BCUT2D eigenvalue weighted by molar-refractivity contribution is -0.400. The van der Waals surface area contributed by atoms with Gasteiger partial charge in [-0.05, 0) is 42.3 Å². The van der Waals surface area contributed by atoms with Crippen molar-refractivity contribution in [2.75, 3.05) is 6.61 Å². The average molecular weight is 352 g/mol. The second-order valence-corrected chi connectivity index (χ2v) is 5.19. The molecule has 0 radical (unpaired) electrons. The first-order valence-corrected chi connectivity index (χ1v) is 7.52. The zero-order valence-corrected chi connectivity index (χ0v) is 13.6. The van der Waals surface area contributed by atoms with Crippen LogP contribution >= 0.6 is 11.6 Å². The van der Waals surface area contributed by atoms with Gasteiger partial charge in [-0.15, -0.1) is 0 Å². The molecule has 0 saturated heterocycles. The van der Waals surface area contributed by atoms with Gasteiger partial charge in [-0.1, -0.05) is 23.7 Å². The maximum atomic E-state index is 13.2. The van der Waals surface area contributed by atoms with Gasteiger partial charge in [-0.3, -0.25) is 10.1 Å². The molecular weight excluding hydrogens is 337 g/mol. The third kappa shape index (κ3) is 4.96. The predicted molar refractivity (Wildman–Crippen MR) is 89.4 cm³/mol. The molecule has 0 aromatic heterocycles. The van der Waals surface area contributed by atoms with Crippen molar-refractivity contribution in [3.8, 4) is 11.5 Å². The number of nitrogens with zero attached hydrogens (tertiary/aromatic N) is 1. The first-order chi connectivity index (χ1) is 11.5. The number of rotatable bonds is 7. The van der Waals surface area contributed by atoms with Crippen LogP contribution in [0, 0.1) is 15.9 Å².